The Hall–Kier alpha value is -1.61. The Morgan fingerprint density at radius 2 is 1.86 bits per heavy atom. The molecule has 0 radical (unpaired) electrons. The lowest BCUT2D eigenvalue weighted by Gasteiger charge is -2.06. The first-order chi connectivity index (χ1) is 9.90. The van der Waals surface area contributed by atoms with E-state index in [4.69, 9.17) is 11.6 Å². The fourth-order valence-corrected chi connectivity index (χ4v) is 2.51. The van der Waals surface area contributed by atoms with Crippen LogP contribution >= 0.6 is 11.6 Å². The second kappa shape index (κ2) is 6.44. The Morgan fingerprint density at radius 3 is 2.43 bits per heavy atom. The zero-order valence-corrected chi connectivity index (χ0v) is 13.7. The fourth-order valence-electron chi connectivity index (χ4n) is 2.38. The van der Waals surface area contributed by atoms with Gasteiger partial charge in [-0.15, -0.1) is 0 Å². The van der Waals surface area contributed by atoms with Crippen molar-refractivity contribution in [3.05, 3.63) is 51.8 Å². The first-order valence-electron chi connectivity index (χ1n) is 7.25. The maximum atomic E-state index is 12.5. The van der Waals surface area contributed by atoms with Crippen LogP contribution in [0.1, 0.15) is 47.6 Å². The van der Waals surface area contributed by atoms with E-state index in [0.717, 1.165) is 24.2 Å². The number of halogens is 1. The summed E-state index contributed by atoms with van der Waals surface area (Å²) in [6, 6.07) is 6.91. The van der Waals surface area contributed by atoms with Crippen LogP contribution in [0.15, 0.2) is 24.3 Å². The Bertz CT molecular complexity index is 642. The minimum atomic E-state index is -0.108. The summed E-state index contributed by atoms with van der Waals surface area (Å²) >= 11 is 5.86. The van der Waals surface area contributed by atoms with Gasteiger partial charge in [0.15, 0.2) is 0 Å². The molecule has 1 aromatic heterocycles. The van der Waals surface area contributed by atoms with Crippen LogP contribution in [0.2, 0.25) is 5.02 Å². The van der Waals surface area contributed by atoms with Gasteiger partial charge in [0.25, 0.3) is 5.91 Å². The molecule has 0 fully saturated rings. The van der Waals surface area contributed by atoms with Crippen LogP contribution in [0, 0.1) is 19.8 Å². The lowest BCUT2D eigenvalue weighted by molar-refractivity contribution is 0.0942. The lowest BCUT2D eigenvalue weighted by Crippen LogP contribution is -2.15. The molecule has 0 saturated heterocycles. The third-order valence-corrected chi connectivity index (χ3v) is 3.95. The van der Waals surface area contributed by atoms with Gasteiger partial charge in [0.2, 0.25) is 0 Å². The number of aromatic nitrogens is 2. The van der Waals surface area contributed by atoms with Gasteiger partial charge in [-0.05, 0) is 62.4 Å². The molecule has 112 valence electrons. The van der Waals surface area contributed by atoms with E-state index in [9.17, 15) is 4.79 Å². The highest BCUT2D eigenvalue weighted by molar-refractivity contribution is 6.30. The monoisotopic (exact) mass is 304 g/mol. The predicted molar refractivity (Wildman–Crippen MR) is 86.0 cm³/mol. The van der Waals surface area contributed by atoms with E-state index in [1.54, 1.807) is 24.3 Å². The number of hydrogen-bond acceptors (Lipinski definition) is 2. The highest BCUT2D eigenvalue weighted by Gasteiger charge is 2.17. The van der Waals surface area contributed by atoms with Crippen LogP contribution in [0.3, 0.4) is 0 Å². The van der Waals surface area contributed by atoms with Crippen LogP contribution in [0.25, 0.3) is 0 Å². The van der Waals surface area contributed by atoms with E-state index in [-0.39, 0.29) is 5.91 Å². The van der Waals surface area contributed by atoms with E-state index in [2.05, 4.69) is 18.9 Å². The number of aryl methyl sites for hydroxylation is 1. The number of benzene rings is 1. The molecule has 0 spiro atoms. The summed E-state index contributed by atoms with van der Waals surface area (Å²) in [5.74, 6) is 0.530. The minimum Gasteiger partial charge on any atom is -0.267 e. The van der Waals surface area contributed by atoms with Gasteiger partial charge < -0.3 is 0 Å². The molecule has 0 unspecified atom stereocenters. The lowest BCUT2D eigenvalue weighted by atomic mass is 10.0. The molecule has 0 bridgehead atoms. The molecule has 0 aliphatic carbocycles. The zero-order chi connectivity index (χ0) is 15.6. The van der Waals surface area contributed by atoms with Gasteiger partial charge in [0.05, 0.1) is 5.69 Å². The normalized spacial score (nSPS) is 11.1. The molecule has 3 nitrogen and oxygen atoms in total. The topological polar surface area (TPSA) is 34.9 Å². The third-order valence-electron chi connectivity index (χ3n) is 3.70. The molecule has 4 heteroatoms. The van der Waals surface area contributed by atoms with E-state index in [1.807, 2.05) is 13.8 Å². The van der Waals surface area contributed by atoms with Gasteiger partial charge in [-0.25, -0.2) is 4.68 Å². The average Bonchev–Trinajstić information content (AvgIpc) is 2.72. The molecule has 2 aromatic rings. The third kappa shape index (κ3) is 3.53. The van der Waals surface area contributed by atoms with Gasteiger partial charge in [0.1, 0.15) is 0 Å². The van der Waals surface area contributed by atoms with Gasteiger partial charge in [0, 0.05) is 16.3 Å². The molecule has 0 saturated carbocycles. The van der Waals surface area contributed by atoms with Crippen molar-refractivity contribution < 1.29 is 4.79 Å². The molecule has 1 aromatic carbocycles. The largest absolute Gasteiger partial charge is 0.278 e. The standard InChI is InChI=1S/C17H21ClN2O/c1-11(2)5-10-16-12(3)19-20(13(16)4)17(21)14-6-8-15(18)9-7-14/h6-9,11H,5,10H2,1-4H3. The van der Waals surface area contributed by atoms with Crippen LogP contribution < -0.4 is 0 Å². The molecule has 0 aliphatic heterocycles. The molecule has 0 N–H and O–H groups in total. The smallest absolute Gasteiger partial charge is 0.267 e. The number of hydrogen-bond donors (Lipinski definition) is 0. The van der Waals surface area contributed by atoms with Crippen molar-refractivity contribution in [1.82, 2.24) is 9.78 Å². The van der Waals surface area contributed by atoms with Gasteiger partial charge in [-0.2, -0.15) is 5.10 Å². The summed E-state index contributed by atoms with van der Waals surface area (Å²) in [5.41, 5.74) is 3.66. The summed E-state index contributed by atoms with van der Waals surface area (Å²) in [6.45, 7) is 8.33. The summed E-state index contributed by atoms with van der Waals surface area (Å²) < 4.78 is 1.51. The summed E-state index contributed by atoms with van der Waals surface area (Å²) in [5, 5.41) is 5.04. The van der Waals surface area contributed by atoms with Crippen LogP contribution in [0.5, 0.6) is 0 Å². The van der Waals surface area contributed by atoms with Crippen molar-refractivity contribution in [2.45, 2.75) is 40.5 Å². The van der Waals surface area contributed by atoms with Crippen LogP contribution in [0.4, 0.5) is 0 Å². The van der Waals surface area contributed by atoms with Crippen LogP contribution in [-0.4, -0.2) is 15.7 Å². The minimum absolute atomic E-state index is 0.108. The summed E-state index contributed by atoms with van der Waals surface area (Å²) in [6.07, 6.45) is 2.06. The van der Waals surface area contributed by atoms with Crippen molar-refractivity contribution >= 4 is 17.5 Å². The summed E-state index contributed by atoms with van der Waals surface area (Å²) in [7, 11) is 0. The molecular weight excluding hydrogens is 284 g/mol. The van der Waals surface area contributed by atoms with Gasteiger partial charge in [-0.3, -0.25) is 4.79 Å². The summed E-state index contributed by atoms with van der Waals surface area (Å²) in [4.78, 5) is 12.5. The first kappa shape index (κ1) is 15.8. The maximum Gasteiger partial charge on any atom is 0.278 e. The van der Waals surface area contributed by atoms with Crippen molar-refractivity contribution in [3.8, 4) is 0 Å². The molecular formula is C17H21ClN2O. The number of carbonyl (C=O) groups is 1. The van der Waals surface area contributed by atoms with Crippen LogP contribution in [-0.2, 0) is 6.42 Å². The number of carbonyl (C=O) groups excluding carboxylic acids is 1. The highest BCUT2D eigenvalue weighted by atomic mass is 35.5. The Labute approximate surface area is 130 Å². The van der Waals surface area contributed by atoms with E-state index >= 15 is 0 Å². The SMILES string of the molecule is Cc1nn(C(=O)c2ccc(Cl)cc2)c(C)c1CCC(C)C. The van der Waals surface area contributed by atoms with Gasteiger partial charge in [-0.1, -0.05) is 25.4 Å². The molecule has 0 aliphatic rings. The quantitative estimate of drug-likeness (QED) is 0.837. The van der Waals surface area contributed by atoms with E-state index < -0.39 is 0 Å². The van der Waals surface area contributed by atoms with Crippen molar-refractivity contribution in [2.24, 2.45) is 5.92 Å². The molecule has 21 heavy (non-hydrogen) atoms. The molecule has 2 rings (SSSR count). The number of nitrogens with zero attached hydrogens (tertiary/aromatic N) is 2. The van der Waals surface area contributed by atoms with E-state index in [1.165, 1.54) is 10.2 Å². The zero-order valence-electron chi connectivity index (χ0n) is 13.0. The second-order valence-corrected chi connectivity index (χ2v) is 6.24. The number of rotatable bonds is 4. The van der Waals surface area contributed by atoms with E-state index in [0.29, 0.717) is 16.5 Å². The highest BCUT2D eigenvalue weighted by Crippen LogP contribution is 2.19. The molecule has 1 heterocycles. The van der Waals surface area contributed by atoms with Crippen molar-refractivity contribution in [3.63, 3.8) is 0 Å². The Morgan fingerprint density at radius 1 is 1.24 bits per heavy atom. The first-order valence-corrected chi connectivity index (χ1v) is 7.63. The predicted octanol–water partition coefficient (Wildman–Crippen LogP) is 4.43. The maximum absolute atomic E-state index is 12.5. The molecule has 0 amide bonds. The molecule has 0 atom stereocenters. The Kier molecular flexibility index (Phi) is 4.84. The van der Waals surface area contributed by atoms with Crippen molar-refractivity contribution in [2.75, 3.05) is 0 Å². The second-order valence-electron chi connectivity index (χ2n) is 5.81. The average molecular weight is 305 g/mol. The Balaban J connectivity index is 2.30. The van der Waals surface area contributed by atoms with Gasteiger partial charge >= 0.3 is 0 Å². The fraction of sp³-hybridized carbons (Fsp3) is 0.412. The van der Waals surface area contributed by atoms with Crippen molar-refractivity contribution in [1.29, 1.82) is 0 Å².